The van der Waals surface area contributed by atoms with E-state index in [1.807, 2.05) is 0 Å². The van der Waals surface area contributed by atoms with E-state index in [9.17, 15) is 23.2 Å². The summed E-state index contributed by atoms with van der Waals surface area (Å²) < 4.78 is 27.8. The van der Waals surface area contributed by atoms with Crippen LogP contribution in [0.1, 0.15) is 18.1 Å². The fourth-order valence-electron chi connectivity index (χ4n) is 2.72. The average molecular weight is 389 g/mol. The van der Waals surface area contributed by atoms with Crippen LogP contribution in [0.3, 0.4) is 0 Å². The Morgan fingerprint density at radius 1 is 0.857 bits per heavy atom. The second-order valence-electron chi connectivity index (χ2n) is 6.31. The summed E-state index contributed by atoms with van der Waals surface area (Å²) in [6, 6.07) is 9.31. The smallest absolute Gasteiger partial charge is 0.243 e. The molecule has 0 aromatic heterocycles. The summed E-state index contributed by atoms with van der Waals surface area (Å²) in [5.41, 5.74) is 5.77. The van der Waals surface area contributed by atoms with Gasteiger partial charge >= 0.3 is 0 Å². The number of carbonyl (C=O) groups is 3. The molecule has 8 heteroatoms. The zero-order valence-electron chi connectivity index (χ0n) is 15.2. The summed E-state index contributed by atoms with van der Waals surface area (Å²) >= 11 is 0. The summed E-state index contributed by atoms with van der Waals surface area (Å²) in [5, 5.41) is 4.85. The van der Waals surface area contributed by atoms with Crippen LogP contribution in [0.4, 0.5) is 8.78 Å². The van der Waals surface area contributed by atoms with Gasteiger partial charge in [-0.1, -0.05) is 36.4 Å². The molecule has 0 heterocycles. The summed E-state index contributed by atoms with van der Waals surface area (Å²) in [6.07, 6.45) is -0.274. The van der Waals surface area contributed by atoms with Gasteiger partial charge in [-0.05, 0) is 23.3 Å². The van der Waals surface area contributed by atoms with Crippen molar-refractivity contribution in [3.63, 3.8) is 0 Å². The van der Waals surface area contributed by atoms with Crippen LogP contribution in [-0.4, -0.2) is 29.8 Å². The minimum absolute atomic E-state index is 0.122. The van der Waals surface area contributed by atoms with Crippen LogP contribution in [-0.2, 0) is 27.2 Å². The lowest BCUT2D eigenvalue weighted by atomic mass is 10.0. The van der Waals surface area contributed by atoms with E-state index in [1.165, 1.54) is 43.3 Å². The van der Waals surface area contributed by atoms with Crippen molar-refractivity contribution in [2.75, 3.05) is 0 Å². The number of amides is 3. The maximum atomic E-state index is 13.9. The fourth-order valence-corrected chi connectivity index (χ4v) is 2.72. The van der Waals surface area contributed by atoms with Crippen LogP contribution in [0.25, 0.3) is 0 Å². The number of benzene rings is 2. The number of rotatable bonds is 8. The Labute approximate surface area is 161 Å². The zero-order valence-corrected chi connectivity index (χ0v) is 15.2. The largest absolute Gasteiger partial charge is 0.368 e. The van der Waals surface area contributed by atoms with Gasteiger partial charge in [0.1, 0.15) is 23.7 Å². The molecule has 0 fully saturated rings. The molecule has 2 aromatic rings. The van der Waals surface area contributed by atoms with E-state index >= 15 is 0 Å². The first-order valence-corrected chi connectivity index (χ1v) is 8.61. The first-order chi connectivity index (χ1) is 13.3. The van der Waals surface area contributed by atoms with E-state index in [0.717, 1.165) is 0 Å². The van der Waals surface area contributed by atoms with Crippen molar-refractivity contribution >= 4 is 17.7 Å². The van der Waals surface area contributed by atoms with E-state index < -0.39 is 41.4 Å². The molecule has 3 amide bonds. The fraction of sp³-hybridized carbons (Fsp3) is 0.250. The van der Waals surface area contributed by atoms with Gasteiger partial charge in [-0.2, -0.15) is 0 Å². The maximum Gasteiger partial charge on any atom is 0.243 e. The summed E-state index contributed by atoms with van der Waals surface area (Å²) in [4.78, 5) is 35.8. The Hall–Kier alpha value is -3.29. The summed E-state index contributed by atoms with van der Waals surface area (Å²) in [6.45, 7) is 1.21. The highest BCUT2D eigenvalue weighted by molar-refractivity contribution is 5.91. The topological polar surface area (TPSA) is 101 Å². The predicted molar refractivity (Wildman–Crippen MR) is 98.9 cm³/mol. The normalized spacial score (nSPS) is 12.7. The summed E-state index contributed by atoms with van der Waals surface area (Å²) in [5.74, 6) is -3.14. The Balaban J connectivity index is 2.17. The first-order valence-electron chi connectivity index (χ1n) is 8.61. The van der Waals surface area contributed by atoms with Crippen LogP contribution in [0.15, 0.2) is 48.5 Å². The molecule has 28 heavy (non-hydrogen) atoms. The van der Waals surface area contributed by atoms with Gasteiger partial charge in [-0.15, -0.1) is 0 Å². The van der Waals surface area contributed by atoms with Gasteiger partial charge in [0.05, 0.1) is 0 Å². The second-order valence-corrected chi connectivity index (χ2v) is 6.31. The first kappa shape index (κ1) is 21.0. The van der Waals surface area contributed by atoms with E-state index in [2.05, 4.69) is 10.6 Å². The third-order valence-electron chi connectivity index (χ3n) is 4.12. The maximum absolute atomic E-state index is 13.9. The van der Waals surface area contributed by atoms with Crippen molar-refractivity contribution in [1.29, 1.82) is 0 Å². The van der Waals surface area contributed by atoms with Gasteiger partial charge in [0, 0.05) is 19.8 Å². The predicted octanol–water partition coefficient (Wildman–Crippen LogP) is 1.22. The number of primary amides is 1. The molecule has 2 aromatic carbocycles. The SMILES string of the molecule is CC(=O)N[C@@H](Cc1ccccc1F)C(=O)N[C@@H](Cc1ccccc1F)C(N)=O. The lowest BCUT2D eigenvalue weighted by molar-refractivity contribution is -0.130. The molecule has 0 radical (unpaired) electrons. The standard InChI is InChI=1S/C20H21F2N3O3/c1-12(26)24-18(11-14-7-3-5-9-16(14)22)20(28)25-17(19(23)27)10-13-6-2-4-8-15(13)21/h2-9,17-18H,10-11H2,1H3,(H2,23,27)(H,24,26)(H,25,28)/t17-,18-/m0/s1. The molecular weight excluding hydrogens is 368 g/mol. The molecule has 0 aliphatic heterocycles. The third kappa shape index (κ3) is 5.87. The third-order valence-corrected chi connectivity index (χ3v) is 4.12. The summed E-state index contributed by atoms with van der Waals surface area (Å²) in [7, 11) is 0. The van der Waals surface area contributed by atoms with Gasteiger partial charge in [0.2, 0.25) is 17.7 Å². The molecule has 0 spiro atoms. The van der Waals surface area contributed by atoms with Crippen LogP contribution >= 0.6 is 0 Å². The lowest BCUT2D eigenvalue weighted by Gasteiger charge is -2.22. The van der Waals surface area contributed by atoms with E-state index in [4.69, 9.17) is 5.73 Å². The highest BCUT2D eigenvalue weighted by atomic mass is 19.1. The highest BCUT2D eigenvalue weighted by Gasteiger charge is 2.26. The second kappa shape index (κ2) is 9.59. The molecule has 0 saturated heterocycles. The van der Waals surface area contributed by atoms with Crippen molar-refractivity contribution in [2.45, 2.75) is 31.8 Å². The molecule has 0 saturated carbocycles. The molecule has 0 aliphatic rings. The number of nitrogens with one attached hydrogen (secondary N) is 2. The molecule has 2 rings (SSSR count). The van der Waals surface area contributed by atoms with Gasteiger partial charge in [-0.25, -0.2) is 8.78 Å². The van der Waals surface area contributed by atoms with Crippen LogP contribution in [0, 0.1) is 11.6 Å². The minimum Gasteiger partial charge on any atom is -0.368 e. The number of carbonyl (C=O) groups excluding carboxylic acids is 3. The molecule has 0 unspecified atom stereocenters. The molecule has 0 aliphatic carbocycles. The Kier molecular flexibility index (Phi) is 7.20. The van der Waals surface area contributed by atoms with Crippen molar-refractivity contribution in [2.24, 2.45) is 5.73 Å². The number of hydrogen-bond acceptors (Lipinski definition) is 3. The number of halogens is 2. The number of nitrogens with two attached hydrogens (primary N) is 1. The Morgan fingerprint density at radius 2 is 1.32 bits per heavy atom. The lowest BCUT2D eigenvalue weighted by Crippen LogP contribution is -2.54. The van der Waals surface area contributed by atoms with E-state index in [0.29, 0.717) is 0 Å². The molecule has 6 nitrogen and oxygen atoms in total. The van der Waals surface area contributed by atoms with Gasteiger partial charge in [0.25, 0.3) is 0 Å². The van der Waals surface area contributed by atoms with Crippen LogP contribution < -0.4 is 16.4 Å². The average Bonchev–Trinajstić information content (AvgIpc) is 2.63. The van der Waals surface area contributed by atoms with Crippen LogP contribution in [0.5, 0.6) is 0 Å². The van der Waals surface area contributed by atoms with Crippen molar-refractivity contribution in [3.8, 4) is 0 Å². The van der Waals surface area contributed by atoms with Crippen LogP contribution in [0.2, 0.25) is 0 Å². The quantitative estimate of drug-likeness (QED) is 0.633. The molecule has 2 atom stereocenters. The molecular formula is C20H21F2N3O3. The monoisotopic (exact) mass is 389 g/mol. The van der Waals surface area contributed by atoms with Gasteiger partial charge < -0.3 is 16.4 Å². The highest BCUT2D eigenvalue weighted by Crippen LogP contribution is 2.12. The Morgan fingerprint density at radius 3 is 1.75 bits per heavy atom. The number of hydrogen-bond donors (Lipinski definition) is 3. The van der Waals surface area contributed by atoms with Crippen molar-refractivity contribution < 1.29 is 23.2 Å². The minimum atomic E-state index is -1.19. The molecule has 0 bridgehead atoms. The molecule has 148 valence electrons. The van der Waals surface area contributed by atoms with E-state index in [-0.39, 0.29) is 24.0 Å². The molecule has 4 N–H and O–H groups in total. The zero-order chi connectivity index (χ0) is 20.7. The van der Waals surface area contributed by atoms with E-state index in [1.54, 1.807) is 12.1 Å². The Bertz CT molecular complexity index is 873. The van der Waals surface area contributed by atoms with Crippen molar-refractivity contribution in [1.82, 2.24) is 10.6 Å². The van der Waals surface area contributed by atoms with Gasteiger partial charge in [-0.3, -0.25) is 14.4 Å². The van der Waals surface area contributed by atoms with Crippen molar-refractivity contribution in [3.05, 3.63) is 71.3 Å². The van der Waals surface area contributed by atoms with Gasteiger partial charge in [0.15, 0.2) is 0 Å².